The van der Waals surface area contributed by atoms with Crippen molar-refractivity contribution in [2.75, 3.05) is 5.73 Å². The van der Waals surface area contributed by atoms with Crippen molar-refractivity contribution in [2.45, 2.75) is 46.1 Å². The predicted octanol–water partition coefficient (Wildman–Crippen LogP) is 3.00. The first kappa shape index (κ1) is 15.9. The Labute approximate surface area is 132 Å². The van der Waals surface area contributed by atoms with Crippen molar-refractivity contribution in [1.29, 1.82) is 0 Å². The smallest absolute Gasteiger partial charge is 0.220 e. The molecule has 0 aliphatic heterocycles. The number of nitrogens with one attached hydrogen (secondary N) is 1. The van der Waals surface area contributed by atoms with Gasteiger partial charge in [0.1, 0.15) is 5.01 Å². The van der Waals surface area contributed by atoms with Crippen molar-refractivity contribution in [3.8, 4) is 0 Å². The minimum atomic E-state index is -0.00426. The van der Waals surface area contributed by atoms with Crippen molar-refractivity contribution in [3.05, 3.63) is 26.7 Å². The van der Waals surface area contributed by atoms with Crippen LogP contribution in [0.25, 0.3) is 0 Å². The predicted molar refractivity (Wildman–Crippen MR) is 87.6 cm³/mol. The molecule has 114 valence electrons. The second kappa shape index (κ2) is 7.00. The van der Waals surface area contributed by atoms with E-state index in [2.05, 4.69) is 29.1 Å². The summed E-state index contributed by atoms with van der Waals surface area (Å²) in [6.45, 7) is 6.10. The largest absolute Gasteiger partial charge is 0.375 e. The van der Waals surface area contributed by atoms with Crippen LogP contribution in [0.3, 0.4) is 0 Å². The fourth-order valence-electron chi connectivity index (χ4n) is 1.93. The molecule has 5 nitrogen and oxygen atoms in total. The molecule has 0 spiro atoms. The highest BCUT2D eigenvalue weighted by Crippen LogP contribution is 2.25. The first-order chi connectivity index (χ1) is 9.99. The first-order valence-electron chi connectivity index (χ1n) is 6.92. The molecule has 2 aromatic rings. The van der Waals surface area contributed by atoms with Gasteiger partial charge in [-0.15, -0.1) is 22.7 Å². The molecule has 0 aliphatic carbocycles. The standard InChI is InChI=1S/C14H20N4OS2/c1-4-11(13-16-8(2)9(3)21-13)18-12(19)6-5-10-7-20-14(15)17-10/h7,11H,4-6H2,1-3H3,(H2,15,17)(H,18,19). The number of carbonyl (C=O) groups excluding carboxylic acids is 1. The van der Waals surface area contributed by atoms with Gasteiger partial charge in [-0.2, -0.15) is 0 Å². The fourth-order valence-corrected chi connectivity index (χ4v) is 3.59. The van der Waals surface area contributed by atoms with Gasteiger partial charge < -0.3 is 11.1 Å². The number of hydrogen-bond donors (Lipinski definition) is 2. The molecule has 2 rings (SSSR count). The van der Waals surface area contributed by atoms with E-state index in [0.717, 1.165) is 22.8 Å². The second-order valence-electron chi connectivity index (χ2n) is 4.90. The maximum atomic E-state index is 12.1. The average molecular weight is 324 g/mol. The number of aryl methyl sites for hydroxylation is 3. The van der Waals surface area contributed by atoms with Crippen LogP contribution in [0.2, 0.25) is 0 Å². The van der Waals surface area contributed by atoms with Crippen LogP contribution in [0.4, 0.5) is 5.13 Å². The molecular weight excluding hydrogens is 304 g/mol. The van der Waals surface area contributed by atoms with Crippen molar-refractivity contribution in [1.82, 2.24) is 15.3 Å². The highest BCUT2D eigenvalue weighted by molar-refractivity contribution is 7.13. The fraction of sp³-hybridized carbons (Fsp3) is 0.500. The van der Waals surface area contributed by atoms with Gasteiger partial charge in [0.2, 0.25) is 5.91 Å². The minimum absolute atomic E-state index is 0.00426. The Hall–Kier alpha value is -1.47. The maximum absolute atomic E-state index is 12.1. The number of anilines is 1. The molecule has 1 unspecified atom stereocenters. The summed E-state index contributed by atoms with van der Waals surface area (Å²) < 4.78 is 0. The van der Waals surface area contributed by atoms with Crippen LogP contribution in [0, 0.1) is 13.8 Å². The topological polar surface area (TPSA) is 80.9 Å². The monoisotopic (exact) mass is 324 g/mol. The van der Waals surface area contributed by atoms with Gasteiger partial charge in [0.05, 0.1) is 17.4 Å². The van der Waals surface area contributed by atoms with Gasteiger partial charge in [0, 0.05) is 16.7 Å². The summed E-state index contributed by atoms with van der Waals surface area (Å²) in [7, 11) is 0. The van der Waals surface area contributed by atoms with Crippen LogP contribution in [0.5, 0.6) is 0 Å². The summed E-state index contributed by atoms with van der Waals surface area (Å²) in [5, 5.41) is 6.48. The van der Waals surface area contributed by atoms with E-state index in [1.807, 2.05) is 12.3 Å². The van der Waals surface area contributed by atoms with Crippen LogP contribution >= 0.6 is 22.7 Å². The molecule has 0 saturated carbocycles. The van der Waals surface area contributed by atoms with E-state index in [1.165, 1.54) is 16.2 Å². The Kier molecular flexibility index (Phi) is 5.30. The zero-order valence-electron chi connectivity index (χ0n) is 12.5. The Balaban J connectivity index is 1.90. The number of nitrogens with two attached hydrogens (primary N) is 1. The van der Waals surface area contributed by atoms with E-state index >= 15 is 0 Å². The number of hydrogen-bond acceptors (Lipinski definition) is 6. The molecule has 2 heterocycles. The normalized spacial score (nSPS) is 12.3. The summed E-state index contributed by atoms with van der Waals surface area (Å²) in [6, 6.07) is -0.00426. The molecule has 0 fully saturated rings. The van der Waals surface area contributed by atoms with Gasteiger partial charge in [0.15, 0.2) is 5.13 Å². The van der Waals surface area contributed by atoms with Gasteiger partial charge in [-0.1, -0.05) is 6.92 Å². The summed E-state index contributed by atoms with van der Waals surface area (Å²) in [5.74, 6) is 0.0268. The summed E-state index contributed by atoms with van der Waals surface area (Å²) in [6.07, 6.45) is 1.87. The Bertz CT molecular complexity index is 601. The van der Waals surface area contributed by atoms with Crippen molar-refractivity contribution >= 4 is 33.7 Å². The minimum Gasteiger partial charge on any atom is -0.375 e. The van der Waals surface area contributed by atoms with Crippen LogP contribution < -0.4 is 11.1 Å². The van der Waals surface area contributed by atoms with Crippen molar-refractivity contribution in [2.24, 2.45) is 0 Å². The Morgan fingerprint density at radius 1 is 1.43 bits per heavy atom. The number of nitrogens with zero attached hydrogens (tertiary/aromatic N) is 2. The molecule has 0 saturated heterocycles. The lowest BCUT2D eigenvalue weighted by atomic mass is 10.2. The molecule has 1 atom stereocenters. The highest BCUT2D eigenvalue weighted by Gasteiger charge is 2.17. The van der Waals surface area contributed by atoms with E-state index in [4.69, 9.17) is 5.73 Å². The third-order valence-electron chi connectivity index (χ3n) is 3.26. The van der Waals surface area contributed by atoms with E-state index < -0.39 is 0 Å². The van der Waals surface area contributed by atoms with Crippen LogP contribution in [-0.4, -0.2) is 15.9 Å². The number of carbonyl (C=O) groups is 1. The summed E-state index contributed by atoms with van der Waals surface area (Å²) in [5.41, 5.74) is 7.50. The quantitative estimate of drug-likeness (QED) is 0.856. The van der Waals surface area contributed by atoms with Gasteiger partial charge in [-0.05, 0) is 26.7 Å². The second-order valence-corrected chi connectivity index (χ2v) is 7.02. The number of nitrogen functional groups attached to an aromatic ring is 1. The lowest BCUT2D eigenvalue weighted by Crippen LogP contribution is -2.28. The number of thiazole rings is 2. The van der Waals surface area contributed by atoms with E-state index in [1.54, 1.807) is 11.3 Å². The Morgan fingerprint density at radius 2 is 2.19 bits per heavy atom. The number of amides is 1. The Morgan fingerprint density at radius 3 is 2.71 bits per heavy atom. The van der Waals surface area contributed by atoms with Gasteiger partial charge >= 0.3 is 0 Å². The van der Waals surface area contributed by atoms with Crippen molar-refractivity contribution < 1.29 is 4.79 Å². The zero-order valence-corrected chi connectivity index (χ0v) is 14.1. The lowest BCUT2D eigenvalue weighted by molar-refractivity contribution is -0.121. The average Bonchev–Trinajstić information content (AvgIpc) is 3.00. The van der Waals surface area contributed by atoms with E-state index in [0.29, 0.717) is 18.0 Å². The lowest BCUT2D eigenvalue weighted by Gasteiger charge is -2.14. The molecule has 3 N–H and O–H groups in total. The van der Waals surface area contributed by atoms with Crippen molar-refractivity contribution in [3.63, 3.8) is 0 Å². The van der Waals surface area contributed by atoms with Gasteiger partial charge in [-0.25, -0.2) is 9.97 Å². The number of rotatable bonds is 6. The molecule has 2 aromatic heterocycles. The third-order valence-corrected chi connectivity index (χ3v) is 5.17. The molecule has 1 amide bonds. The van der Waals surface area contributed by atoms with E-state index in [9.17, 15) is 4.79 Å². The number of aromatic nitrogens is 2. The molecule has 0 radical (unpaired) electrons. The first-order valence-corrected chi connectivity index (χ1v) is 8.62. The van der Waals surface area contributed by atoms with Crippen LogP contribution in [0.15, 0.2) is 5.38 Å². The summed E-state index contributed by atoms with van der Waals surface area (Å²) in [4.78, 5) is 22.0. The maximum Gasteiger partial charge on any atom is 0.220 e. The third kappa shape index (κ3) is 4.25. The van der Waals surface area contributed by atoms with Gasteiger partial charge in [-0.3, -0.25) is 4.79 Å². The van der Waals surface area contributed by atoms with Gasteiger partial charge in [0.25, 0.3) is 0 Å². The molecule has 7 heteroatoms. The zero-order chi connectivity index (χ0) is 15.4. The van der Waals surface area contributed by atoms with E-state index in [-0.39, 0.29) is 11.9 Å². The van der Waals surface area contributed by atoms with Crippen LogP contribution in [0.1, 0.15) is 47.1 Å². The highest BCUT2D eigenvalue weighted by atomic mass is 32.1. The molecule has 0 aromatic carbocycles. The SMILES string of the molecule is CCC(NC(=O)CCc1csc(N)n1)c1nc(C)c(C)s1. The summed E-state index contributed by atoms with van der Waals surface area (Å²) >= 11 is 3.06. The van der Waals surface area contributed by atoms with Crippen LogP contribution in [-0.2, 0) is 11.2 Å². The molecule has 21 heavy (non-hydrogen) atoms. The molecule has 0 bridgehead atoms. The molecule has 0 aliphatic rings. The molecular formula is C14H20N4OS2.